The second-order valence-electron chi connectivity index (χ2n) is 7.42. The summed E-state index contributed by atoms with van der Waals surface area (Å²) in [6, 6.07) is 7.45. The van der Waals surface area contributed by atoms with Gasteiger partial charge in [-0.25, -0.2) is 13.4 Å². The second kappa shape index (κ2) is 8.02. The molecule has 158 valence electrons. The molecular formula is C20H23N5O4S. The number of aromatic nitrogens is 4. The Morgan fingerprint density at radius 2 is 2.07 bits per heavy atom. The molecule has 1 atom stereocenters. The maximum atomic E-state index is 13.0. The number of sulfone groups is 1. The Hall–Kier alpha value is -3.01. The van der Waals surface area contributed by atoms with Gasteiger partial charge in [0.1, 0.15) is 17.0 Å². The van der Waals surface area contributed by atoms with Crippen molar-refractivity contribution in [2.75, 3.05) is 26.5 Å². The fraction of sp³-hybridized carbons (Fsp3) is 0.400. The molecule has 1 aromatic carbocycles. The molecule has 1 saturated heterocycles. The van der Waals surface area contributed by atoms with Crippen molar-refractivity contribution in [2.45, 2.75) is 30.1 Å². The van der Waals surface area contributed by atoms with E-state index in [0.717, 1.165) is 24.7 Å². The lowest BCUT2D eigenvalue weighted by Crippen LogP contribution is -2.40. The summed E-state index contributed by atoms with van der Waals surface area (Å²) in [6.45, 7) is 1.04. The van der Waals surface area contributed by atoms with E-state index in [9.17, 15) is 13.2 Å². The smallest absolute Gasteiger partial charge is 0.252 e. The zero-order chi connectivity index (χ0) is 21.3. The summed E-state index contributed by atoms with van der Waals surface area (Å²) in [6.07, 6.45) is 5.59. The predicted molar refractivity (Wildman–Crippen MR) is 109 cm³/mol. The van der Waals surface area contributed by atoms with Crippen LogP contribution in [-0.2, 0) is 21.1 Å². The Balaban J connectivity index is 1.63. The van der Waals surface area contributed by atoms with Crippen molar-refractivity contribution in [3.05, 3.63) is 48.0 Å². The van der Waals surface area contributed by atoms with Crippen LogP contribution in [0.4, 0.5) is 0 Å². The van der Waals surface area contributed by atoms with Crippen molar-refractivity contribution in [1.29, 1.82) is 0 Å². The highest BCUT2D eigenvalue weighted by Crippen LogP contribution is 2.31. The normalized spacial score (nSPS) is 17.3. The maximum Gasteiger partial charge on any atom is 0.252 e. The quantitative estimate of drug-likeness (QED) is 0.605. The van der Waals surface area contributed by atoms with E-state index in [1.807, 2.05) is 24.3 Å². The van der Waals surface area contributed by atoms with Crippen LogP contribution in [0.5, 0.6) is 5.75 Å². The molecule has 1 aliphatic rings. The molecule has 0 N–H and O–H groups in total. The second-order valence-corrected chi connectivity index (χ2v) is 9.40. The zero-order valence-corrected chi connectivity index (χ0v) is 17.7. The molecule has 0 radical (unpaired) electrons. The third kappa shape index (κ3) is 3.87. The van der Waals surface area contributed by atoms with Gasteiger partial charge in [-0.1, -0.05) is 18.2 Å². The van der Waals surface area contributed by atoms with Gasteiger partial charge in [0.2, 0.25) is 5.91 Å². The summed E-state index contributed by atoms with van der Waals surface area (Å²) in [4.78, 5) is 23.1. The van der Waals surface area contributed by atoms with Crippen LogP contribution < -0.4 is 4.74 Å². The van der Waals surface area contributed by atoms with Gasteiger partial charge < -0.3 is 9.64 Å². The SMILES string of the molecule is COc1ccccc1CC(=O)N1CCC[C@H](c2c(S(C)(=O)=O)cnc3ncnn23)C1. The summed E-state index contributed by atoms with van der Waals surface area (Å²) in [7, 11) is -1.94. The van der Waals surface area contributed by atoms with Crippen LogP contribution in [0.3, 0.4) is 0 Å². The minimum absolute atomic E-state index is 0.0194. The number of hydrogen-bond acceptors (Lipinski definition) is 7. The van der Waals surface area contributed by atoms with Gasteiger partial charge in [0, 0.05) is 30.8 Å². The number of methoxy groups -OCH3 is 1. The first-order chi connectivity index (χ1) is 14.4. The van der Waals surface area contributed by atoms with E-state index in [0.29, 0.717) is 30.3 Å². The van der Waals surface area contributed by atoms with Crippen LogP contribution in [0.1, 0.15) is 30.0 Å². The van der Waals surface area contributed by atoms with E-state index in [2.05, 4.69) is 15.1 Å². The molecule has 0 bridgehead atoms. The van der Waals surface area contributed by atoms with E-state index in [1.54, 1.807) is 12.0 Å². The van der Waals surface area contributed by atoms with Crippen LogP contribution in [-0.4, -0.2) is 65.3 Å². The van der Waals surface area contributed by atoms with Gasteiger partial charge in [-0.2, -0.15) is 14.6 Å². The largest absolute Gasteiger partial charge is 0.496 e. The van der Waals surface area contributed by atoms with Crippen LogP contribution >= 0.6 is 0 Å². The average molecular weight is 430 g/mol. The average Bonchev–Trinajstić information content (AvgIpc) is 3.21. The standard InChI is InChI=1S/C20H23N5O4S/c1-29-16-8-4-3-6-14(16)10-18(26)24-9-5-7-15(12-24)19-17(30(2,27)28)11-21-20-22-13-23-25(19)20/h3-4,6,8,11,13,15H,5,7,9-10,12H2,1-2H3/t15-/m0/s1. The third-order valence-electron chi connectivity index (χ3n) is 5.40. The Morgan fingerprint density at radius 1 is 1.27 bits per heavy atom. The van der Waals surface area contributed by atoms with Crippen molar-refractivity contribution in [2.24, 2.45) is 0 Å². The Kier molecular flexibility index (Phi) is 5.42. The number of para-hydroxylation sites is 1. The van der Waals surface area contributed by atoms with E-state index in [4.69, 9.17) is 4.74 Å². The summed E-state index contributed by atoms with van der Waals surface area (Å²) in [5.41, 5.74) is 1.36. The van der Waals surface area contributed by atoms with Crippen LogP contribution in [0.2, 0.25) is 0 Å². The minimum atomic E-state index is -3.52. The molecule has 1 aliphatic heterocycles. The first-order valence-electron chi connectivity index (χ1n) is 9.67. The first kappa shape index (κ1) is 20.3. The van der Waals surface area contributed by atoms with Gasteiger partial charge in [0.05, 0.1) is 25.4 Å². The molecule has 1 fully saturated rings. The van der Waals surface area contributed by atoms with Crippen molar-refractivity contribution < 1.29 is 17.9 Å². The molecule has 9 nitrogen and oxygen atoms in total. The van der Waals surface area contributed by atoms with E-state index >= 15 is 0 Å². The van der Waals surface area contributed by atoms with E-state index < -0.39 is 9.84 Å². The monoisotopic (exact) mass is 429 g/mol. The molecule has 10 heteroatoms. The van der Waals surface area contributed by atoms with Crippen molar-refractivity contribution in [3.8, 4) is 5.75 Å². The lowest BCUT2D eigenvalue weighted by Gasteiger charge is -2.33. The molecular weight excluding hydrogens is 406 g/mol. The molecule has 1 amide bonds. The number of nitrogens with zero attached hydrogens (tertiary/aromatic N) is 5. The summed E-state index contributed by atoms with van der Waals surface area (Å²) in [5, 5.41) is 4.19. The van der Waals surface area contributed by atoms with Crippen molar-refractivity contribution >= 4 is 21.5 Å². The van der Waals surface area contributed by atoms with Gasteiger partial charge in [-0.15, -0.1) is 0 Å². The fourth-order valence-electron chi connectivity index (χ4n) is 3.99. The molecule has 0 unspecified atom stereocenters. The maximum absolute atomic E-state index is 13.0. The van der Waals surface area contributed by atoms with Gasteiger partial charge in [-0.05, 0) is 18.9 Å². The van der Waals surface area contributed by atoms with Gasteiger partial charge in [0.15, 0.2) is 9.84 Å². The number of piperidine rings is 1. The van der Waals surface area contributed by atoms with Crippen molar-refractivity contribution in [3.63, 3.8) is 0 Å². The highest BCUT2D eigenvalue weighted by atomic mass is 32.2. The summed E-state index contributed by atoms with van der Waals surface area (Å²) >= 11 is 0. The molecule has 4 rings (SSSR count). The zero-order valence-electron chi connectivity index (χ0n) is 16.9. The topological polar surface area (TPSA) is 107 Å². The Morgan fingerprint density at radius 3 is 2.83 bits per heavy atom. The minimum Gasteiger partial charge on any atom is -0.496 e. The highest BCUT2D eigenvalue weighted by Gasteiger charge is 2.31. The number of likely N-dealkylation sites (tertiary alicyclic amines) is 1. The van der Waals surface area contributed by atoms with Crippen LogP contribution in [0.25, 0.3) is 5.78 Å². The number of carbonyl (C=O) groups is 1. The Bertz CT molecular complexity index is 1190. The Labute approximate surface area is 174 Å². The predicted octanol–water partition coefficient (Wildman–Crippen LogP) is 1.49. The molecule has 2 aromatic heterocycles. The molecule has 30 heavy (non-hydrogen) atoms. The lowest BCUT2D eigenvalue weighted by molar-refractivity contribution is -0.131. The number of carbonyl (C=O) groups excluding carboxylic acids is 1. The fourth-order valence-corrected chi connectivity index (χ4v) is 4.87. The van der Waals surface area contributed by atoms with Crippen molar-refractivity contribution in [1.82, 2.24) is 24.5 Å². The van der Waals surface area contributed by atoms with E-state index in [-0.39, 0.29) is 23.1 Å². The van der Waals surface area contributed by atoms with Crippen LogP contribution in [0, 0.1) is 0 Å². The van der Waals surface area contributed by atoms with Gasteiger partial charge in [0.25, 0.3) is 5.78 Å². The number of benzene rings is 1. The van der Waals surface area contributed by atoms with E-state index in [1.165, 1.54) is 17.0 Å². The third-order valence-corrected chi connectivity index (χ3v) is 6.52. The van der Waals surface area contributed by atoms with Gasteiger partial charge >= 0.3 is 0 Å². The number of hydrogen-bond donors (Lipinski definition) is 0. The number of rotatable bonds is 5. The summed E-state index contributed by atoms with van der Waals surface area (Å²) in [5.74, 6) is 0.818. The van der Waals surface area contributed by atoms with Crippen LogP contribution in [0.15, 0.2) is 41.7 Å². The molecule has 3 heterocycles. The molecule has 0 saturated carbocycles. The number of amides is 1. The lowest BCUT2D eigenvalue weighted by atomic mass is 9.94. The molecule has 3 aromatic rings. The number of ether oxygens (including phenoxy) is 1. The molecule has 0 aliphatic carbocycles. The first-order valence-corrected chi connectivity index (χ1v) is 11.6. The molecule has 0 spiro atoms. The number of fused-ring (bicyclic) bond motifs is 1. The van der Waals surface area contributed by atoms with Gasteiger partial charge in [-0.3, -0.25) is 4.79 Å². The highest BCUT2D eigenvalue weighted by molar-refractivity contribution is 7.90. The summed E-state index contributed by atoms with van der Waals surface area (Å²) < 4.78 is 31.6.